The SMILES string of the molecule is CN(Cc1cscn1)C(=O)N[C@H](CCO)C(=O)O. The molecule has 0 unspecified atom stereocenters. The maximum atomic E-state index is 11.7. The number of carboxylic acid groups (broad SMARTS) is 1. The molecule has 0 aliphatic carbocycles. The Balaban J connectivity index is 2.50. The van der Waals surface area contributed by atoms with Gasteiger partial charge in [-0.2, -0.15) is 0 Å². The van der Waals surface area contributed by atoms with Crippen LogP contribution in [0.15, 0.2) is 10.9 Å². The Kier molecular flexibility index (Phi) is 5.53. The second-order valence-corrected chi connectivity index (χ2v) is 4.41. The van der Waals surface area contributed by atoms with Crippen molar-refractivity contribution < 1.29 is 19.8 Å². The standard InChI is InChI=1S/C10H15N3O4S/c1-13(4-7-5-18-6-11-7)10(17)12-8(2-3-14)9(15)16/h5-6,8,14H,2-4H2,1H3,(H,12,17)(H,15,16)/t8-/m1/s1. The monoisotopic (exact) mass is 273 g/mol. The van der Waals surface area contributed by atoms with Crippen LogP contribution in [0.5, 0.6) is 0 Å². The van der Waals surface area contributed by atoms with Gasteiger partial charge in [0.2, 0.25) is 0 Å². The van der Waals surface area contributed by atoms with Crippen LogP contribution < -0.4 is 5.32 Å². The fourth-order valence-electron chi connectivity index (χ4n) is 1.28. The molecule has 0 radical (unpaired) electrons. The first kappa shape index (κ1) is 14.4. The highest BCUT2D eigenvalue weighted by molar-refractivity contribution is 7.07. The van der Waals surface area contributed by atoms with Crippen LogP contribution >= 0.6 is 11.3 Å². The number of rotatable bonds is 6. The van der Waals surface area contributed by atoms with Crippen LogP contribution in [0.3, 0.4) is 0 Å². The van der Waals surface area contributed by atoms with Gasteiger partial charge in [0.05, 0.1) is 17.7 Å². The van der Waals surface area contributed by atoms with Crippen LogP contribution in [0.25, 0.3) is 0 Å². The molecule has 1 heterocycles. The van der Waals surface area contributed by atoms with Gasteiger partial charge in [-0.1, -0.05) is 0 Å². The second-order valence-electron chi connectivity index (χ2n) is 3.69. The molecular weight excluding hydrogens is 258 g/mol. The van der Waals surface area contributed by atoms with Gasteiger partial charge in [0.15, 0.2) is 0 Å². The molecule has 1 aromatic heterocycles. The predicted molar refractivity (Wildman–Crippen MR) is 65.2 cm³/mol. The number of hydrogen-bond donors (Lipinski definition) is 3. The van der Waals surface area contributed by atoms with Crippen molar-refractivity contribution in [1.29, 1.82) is 0 Å². The first-order chi connectivity index (χ1) is 8.54. The smallest absolute Gasteiger partial charge is 0.326 e. The number of thiazole rings is 1. The van der Waals surface area contributed by atoms with Crippen LogP contribution in [0.4, 0.5) is 4.79 Å². The molecule has 7 nitrogen and oxygen atoms in total. The van der Waals surface area contributed by atoms with Gasteiger partial charge >= 0.3 is 12.0 Å². The lowest BCUT2D eigenvalue weighted by atomic mass is 10.2. The number of aliphatic carboxylic acids is 1. The summed E-state index contributed by atoms with van der Waals surface area (Å²) in [5, 5.41) is 21.7. The van der Waals surface area contributed by atoms with E-state index in [9.17, 15) is 9.59 Å². The molecule has 0 aliphatic rings. The number of hydrogen-bond acceptors (Lipinski definition) is 5. The van der Waals surface area contributed by atoms with Crippen molar-refractivity contribution in [2.45, 2.75) is 19.0 Å². The molecule has 0 spiro atoms. The molecule has 18 heavy (non-hydrogen) atoms. The van der Waals surface area contributed by atoms with Gasteiger partial charge in [0.25, 0.3) is 0 Å². The number of carbonyl (C=O) groups is 2. The molecule has 0 saturated heterocycles. The zero-order valence-electron chi connectivity index (χ0n) is 9.87. The molecule has 1 rings (SSSR count). The third-order valence-corrected chi connectivity index (χ3v) is 2.88. The number of aromatic nitrogens is 1. The lowest BCUT2D eigenvalue weighted by molar-refractivity contribution is -0.139. The summed E-state index contributed by atoms with van der Waals surface area (Å²) in [6.07, 6.45) is -0.0222. The lowest BCUT2D eigenvalue weighted by Gasteiger charge is -2.20. The third kappa shape index (κ3) is 4.30. The quantitative estimate of drug-likeness (QED) is 0.683. The maximum Gasteiger partial charge on any atom is 0.326 e. The summed E-state index contributed by atoms with van der Waals surface area (Å²) in [6.45, 7) is 0.00778. The van der Waals surface area contributed by atoms with Crippen molar-refractivity contribution in [2.24, 2.45) is 0 Å². The minimum absolute atomic E-state index is 0.0222. The Morgan fingerprint density at radius 3 is 2.83 bits per heavy atom. The zero-order chi connectivity index (χ0) is 13.5. The van der Waals surface area contributed by atoms with E-state index in [1.54, 1.807) is 12.6 Å². The van der Waals surface area contributed by atoms with Crippen LogP contribution in [0.2, 0.25) is 0 Å². The number of aliphatic hydroxyl groups excluding tert-OH is 1. The Morgan fingerprint density at radius 1 is 1.61 bits per heavy atom. The first-order valence-corrected chi connectivity index (χ1v) is 6.21. The number of carbonyl (C=O) groups excluding carboxylic acids is 1. The minimum atomic E-state index is -1.17. The summed E-state index contributed by atoms with van der Waals surface area (Å²) in [4.78, 5) is 27.9. The van der Waals surface area contributed by atoms with Gasteiger partial charge in [-0.05, 0) is 0 Å². The molecule has 0 saturated carbocycles. The topological polar surface area (TPSA) is 103 Å². The van der Waals surface area contributed by atoms with E-state index in [0.29, 0.717) is 6.54 Å². The van der Waals surface area contributed by atoms with Crippen molar-refractivity contribution in [3.05, 3.63) is 16.6 Å². The molecule has 2 amide bonds. The van der Waals surface area contributed by atoms with Gasteiger partial charge in [-0.3, -0.25) is 0 Å². The summed E-state index contributed by atoms with van der Waals surface area (Å²) >= 11 is 1.42. The molecule has 0 aromatic carbocycles. The highest BCUT2D eigenvalue weighted by Gasteiger charge is 2.21. The zero-order valence-corrected chi connectivity index (χ0v) is 10.7. The first-order valence-electron chi connectivity index (χ1n) is 5.27. The van der Waals surface area contributed by atoms with Crippen molar-refractivity contribution in [2.75, 3.05) is 13.7 Å². The van der Waals surface area contributed by atoms with Gasteiger partial charge in [0.1, 0.15) is 6.04 Å². The Labute approximate surface area is 108 Å². The van der Waals surface area contributed by atoms with E-state index < -0.39 is 18.0 Å². The van der Waals surface area contributed by atoms with E-state index >= 15 is 0 Å². The van der Waals surface area contributed by atoms with E-state index in [1.165, 1.54) is 16.2 Å². The number of amides is 2. The summed E-state index contributed by atoms with van der Waals surface area (Å²) in [6, 6.07) is -1.59. The number of nitrogens with zero attached hydrogens (tertiary/aromatic N) is 2. The van der Waals surface area contributed by atoms with E-state index in [4.69, 9.17) is 10.2 Å². The molecule has 0 bridgehead atoms. The molecule has 1 atom stereocenters. The molecule has 3 N–H and O–H groups in total. The Hall–Kier alpha value is -1.67. The molecule has 0 aliphatic heterocycles. The molecule has 8 heteroatoms. The van der Waals surface area contributed by atoms with Crippen molar-refractivity contribution in [3.8, 4) is 0 Å². The number of carboxylic acids is 1. The minimum Gasteiger partial charge on any atom is -0.480 e. The molecular formula is C10H15N3O4S. The van der Waals surface area contributed by atoms with Gasteiger partial charge < -0.3 is 20.4 Å². The summed E-state index contributed by atoms with van der Waals surface area (Å²) < 4.78 is 0. The van der Waals surface area contributed by atoms with Crippen LogP contribution in [-0.4, -0.2) is 51.8 Å². The van der Waals surface area contributed by atoms with Gasteiger partial charge in [-0.25, -0.2) is 14.6 Å². The number of aliphatic hydroxyl groups is 1. The van der Waals surface area contributed by atoms with Gasteiger partial charge in [0, 0.05) is 25.5 Å². The average Bonchev–Trinajstić information content (AvgIpc) is 2.80. The Morgan fingerprint density at radius 2 is 2.33 bits per heavy atom. The molecule has 1 aromatic rings. The largest absolute Gasteiger partial charge is 0.480 e. The van der Waals surface area contributed by atoms with Crippen LogP contribution in [-0.2, 0) is 11.3 Å². The third-order valence-electron chi connectivity index (χ3n) is 2.24. The number of nitrogens with one attached hydrogen (secondary N) is 1. The van der Waals surface area contributed by atoms with Gasteiger partial charge in [-0.15, -0.1) is 11.3 Å². The highest BCUT2D eigenvalue weighted by Crippen LogP contribution is 2.04. The van der Waals surface area contributed by atoms with E-state index in [0.717, 1.165) is 5.69 Å². The fraction of sp³-hybridized carbons (Fsp3) is 0.500. The van der Waals surface area contributed by atoms with E-state index in [-0.39, 0.29) is 13.0 Å². The van der Waals surface area contributed by atoms with Crippen LogP contribution in [0.1, 0.15) is 12.1 Å². The van der Waals surface area contributed by atoms with Crippen molar-refractivity contribution >= 4 is 23.3 Å². The summed E-state index contributed by atoms with van der Waals surface area (Å²) in [5.41, 5.74) is 2.40. The number of urea groups is 1. The average molecular weight is 273 g/mol. The second kappa shape index (κ2) is 6.92. The highest BCUT2D eigenvalue weighted by atomic mass is 32.1. The maximum absolute atomic E-state index is 11.7. The summed E-state index contributed by atoms with van der Waals surface area (Å²) in [7, 11) is 1.55. The van der Waals surface area contributed by atoms with E-state index in [2.05, 4.69) is 10.3 Å². The molecule has 0 fully saturated rings. The van der Waals surface area contributed by atoms with E-state index in [1.807, 2.05) is 5.38 Å². The van der Waals surface area contributed by atoms with Crippen molar-refractivity contribution in [3.63, 3.8) is 0 Å². The lowest BCUT2D eigenvalue weighted by Crippen LogP contribution is -2.46. The fourth-order valence-corrected chi connectivity index (χ4v) is 1.83. The normalized spacial score (nSPS) is 11.9. The van der Waals surface area contributed by atoms with Crippen molar-refractivity contribution in [1.82, 2.24) is 15.2 Å². The predicted octanol–water partition coefficient (Wildman–Crippen LogP) is 0.120. The Bertz CT molecular complexity index is 396. The summed E-state index contributed by atoms with van der Waals surface area (Å²) in [5.74, 6) is -1.17. The molecule has 100 valence electrons. The van der Waals surface area contributed by atoms with Crippen LogP contribution in [0, 0.1) is 0 Å².